The molecule has 1 aromatic rings. The quantitative estimate of drug-likeness (QED) is 0.821. The molecule has 0 unspecified atom stereocenters. The normalized spacial score (nSPS) is 24.7. The molecule has 5 nitrogen and oxygen atoms in total. The van der Waals surface area contributed by atoms with E-state index in [1.165, 1.54) is 16.0 Å². The van der Waals surface area contributed by atoms with Gasteiger partial charge in [-0.2, -0.15) is 0 Å². The van der Waals surface area contributed by atoms with Gasteiger partial charge in [0.25, 0.3) is 0 Å². The van der Waals surface area contributed by atoms with Crippen molar-refractivity contribution in [3.63, 3.8) is 0 Å². The molecule has 1 aromatic carbocycles. The molecule has 2 fully saturated rings. The van der Waals surface area contributed by atoms with Crippen molar-refractivity contribution in [2.45, 2.75) is 19.9 Å². The van der Waals surface area contributed by atoms with Crippen LogP contribution >= 0.6 is 0 Å². The van der Waals surface area contributed by atoms with E-state index in [-0.39, 0.29) is 23.3 Å². The van der Waals surface area contributed by atoms with Gasteiger partial charge in [0.05, 0.1) is 43.6 Å². The molecule has 1 amide bonds. The average molecular weight is 337 g/mol. The molecule has 23 heavy (non-hydrogen) atoms. The van der Waals surface area contributed by atoms with Crippen LogP contribution in [-0.2, 0) is 21.2 Å². The molecular weight excluding hydrogens is 312 g/mol. The molecule has 2 aliphatic rings. The first-order valence-corrected chi connectivity index (χ1v) is 10.1. The maximum atomic E-state index is 12.5. The fourth-order valence-electron chi connectivity index (χ4n) is 3.55. The summed E-state index contributed by atoms with van der Waals surface area (Å²) in [6, 6.07) is 8.43. The van der Waals surface area contributed by atoms with Gasteiger partial charge >= 0.3 is 0 Å². The van der Waals surface area contributed by atoms with Gasteiger partial charge < -0.3 is 9.80 Å². The van der Waals surface area contributed by atoms with Crippen LogP contribution in [0, 0.1) is 12.8 Å². The van der Waals surface area contributed by atoms with Gasteiger partial charge in [0.15, 0.2) is 9.84 Å². The molecule has 0 saturated carbocycles. The second-order valence-corrected chi connectivity index (χ2v) is 9.01. The van der Waals surface area contributed by atoms with E-state index in [1.54, 1.807) is 0 Å². The van der Waals surface area contributed by atoms with Gasteiger partial charge in [-0.1, -0.05) is 24.3 Å². The molecule has 2 saturated heterocycles. The SMILES string of the molecule is Cc1ccccc1C[NH+]1CCN(C(=O)[C@H]2CCS(=O)(=O)C2)CC1. The average Bonchev–Trinajstić information content (AvgIpc) is 2.90. The molecule has 0 bridgehead atoms. The Morgan fingerprint density at radius 2 is 1.96 bits per heavy atom. The zero-order chi connectivity index (χ0) is 16.4. The molecule has 2 aliphatic heterocycles. The lowest BCUT2D eigenvalue weighted by molar-refractivity contribution is -0.917. The Bertz CT molecular complexity index is 679. The van der Waals surface area contributed by atoms with E-state index in [2.05, 4.69) is 31.2 Å². The van der Waals surface area contributed by atoms with E-state index in [9.17, 15) is 13.2 Å². The van der Waals surface area contributed by atoms with Crippen LogP contribution in [0.2, 0.25) is 0 Å². The third-order valence-electron chi connectivity index (χ3n) is 5.07. The number of benzene rings is 1. The molecule has 0 aliphatic carbocycles. The highest BCUT2D eigenvalue weighted by molar-refractivity contribution is 7.91. The molecule has 0 radical (unpaired) electrons. The summed E-state index contributed by atoms with van der Waals surface area (Å²) in [5.74, 6) is -0.0526. The van der Waals surface area contributed by atoms with Crippen LogP contribution in [0.4, 0.5) is 0 Å². The second kappa shape index (κ2) is 6.61. The number of carbonyl (C=O) groups excluding carboxylic acids is 1. The van der Waals surface area contributed by atoms with E-state index < -0.39 is 9.84 Å². The van der Waals surface area contributed by atoms with Crippen molar-refractivity contribution >= 4 is 15.7 Å². The van der Waals surface area contributed by atoms with E-state index in [0.717, 1.165) is 32.7 Å². The van der Waals surface area contributed by atoms with Crippen LogP contribution in [0.5, 0.6) is 0 Å². The van der Waals surface area contributed by atoms with Crippen LogP contribution in [0.1, 0.15) is 17.5 Å². The highest BCUT2D eigenvalue weighted by atomic mass is 32.2. The maximum Gasteiger partial charge on any atom is 0.227 e. The van der Waals surface area contributed by atoms with E-state index in [0.29, 0.717) is 6.42 Å². The summed E-state index contributed by atoms with van der Waals surface area (Å²) in [6.07, 6.45) is 0.497. The fraction of sp³-hybridized carbons (Fsp3) is 0.588. The number of rotatable bonds is 3. The van der Waals surface area contributed by atoms with Crippen LogP contribution < -0.4 is 4.90 Å². The summed E-state index contributed by atoms with van der Waals surface area (Å²) in [5.41, 5.74) is 2.68. The Hall–Kier alpha value is -1.40. The smallest absolute Gasteiger partial charge is 0.227 e. The predicted octanol–water partition coefficient (Wildman–Crippen LogP) is -0.343. The van der Waals surface area contributed by atoms with Gasteiger partial charge in [0, 0.05) is 5.56 Å². The number of aryl methyl sites for hydroxylation is 1. The summed E-state index contributed by atoms with van der Waals surface area (Å²) in [6.45, 7) is 6.45. The lowest BCUT2D eigenvalue weighted by Gasteiger charge is -2.33. The first-order valence-electron chi connectivity index (χ1n) is 8.32. The van der Waals surface area contributed by atoms with Crippen molar-refractivity contribution in [2.75, 3.05) is 37.7 Å². The first kappa shape index (κ1) is 16.5. The fourth-order valence-corrected chi connectivity index (χ4v) is 5.28. The van der Waals surface area contributed by atoms with Crippen molar-refractivity contribution < 1.29 is 18.1 Å². The molecule has 1 N–H and O–H groups in total. The van der Waals surface area contributed by atoms with E-state index in [1.807, 2.05) is 4.90 Å². The largest absolute Gasteiger partial charge is 0.331 e. The van der Waals surface area contributed by atoms with Gasteiger partial charge in [-0.05, 0) is 18.9 Å². The van der Waals surface area contributed by atoms with Crippen LogP contribution in [-0.4, -0.2) is 56.9 Å². The third-order valence-corrected chi connectivity index (χ3v) is 6.83. The monoisotopic (exact) mass is 337 g/mol. The van der Waals surface area contributed by atoms with Crippen molar-refractivity contribution in [3.05, 3.63) is 35.4 Å². The number of nitrogens with zero attached hydrogens (tertiary/aromatic N) is 1. The number of piperazine rings is 1. The molecule has 2 heterocycles. The van der Waals surface area contributed by atoms with Gasteiger partial charge in [-0.15, -0.1) is 0 Å². The Balaban J connectivity index is 1.52. The minimum absolute atomic E-state index is 0.0426. The van der Waals surface area contributed by atoms with Crippen molar-refractivity contribution in [2.24, 2.45) is 5.92 Å². The van der Waals surface area contributed by atoms with Gasteiger partial charge in [0.1, 0.15) is 6.54 Å². The van der Waals surface area contributed by atoms with Crippen molar-refractivity contribution in [1.82, 2.24) is 4.90 Å². The van der Waals surface area contributed by atoms with Crippen LogP contribution in [0.3, 0.4) is 0 Å². The van der Waals surface area contributed by atoms with Crippen LogP contribution in [0.25, 0.3) is 0 Å². The van der Waals surface area contributed by atoms with Gasteiger partial charge in [-0.25, -0.2) is 8.42 Å². The van der Waals surface area contributed by atoms with Crippen molar-refractivity contribution in [3.8, 4) is 0 Å². The zero-order valence-corrected chi connectivity index (χ0v) is 14.4. The highest BCUT2D eigenvalue weighted by Gasteiger charge is 2.36. The molecular formula is C17H25N2O3S+. The topological polar surface area (TPSA) is 58.9 Å². The Kier molecular flexibility index (Phi) is 4.73. The number of nitrogens with one attached hydrogen (secondary N) is 1. The summed E-state index contributed by atoms with van der Waals surface area (Å²) in [4.78, 5) is 15.8. The third kappa shape index (κ3) is 3.93. The second-order valence-electron chi connectivity index (χ2n) is 6.78. The van der Waals surface area contributed by atoms with Crippen molar-refractivity contribution in [1.29, 1.82) is 0 Å². The zero-order valence-electron chi connectivity index (χ0n) is 13.6. The summed E-state index contributed by atoms with van der Waals surface area (Å²) in [5, 5.41) is 0. The minimum atomic E-state index is -2.99. The lowest BCUT2D eigenvalue weighted by atomic mass is 10.1. The maximum absolute atomic E-state index is 12.5. The standard InChI is InChI=1S/C17H24N2O3S/c1-14-4-2-3-5-15(14)12-18-7-9-19(10-8-18)17(20)16-6-11-23(21,22)13-16/h2-5,16H,6-13H2,1H3/p+1/t16-/m0/s1. The number of carbonyl (C=O) groups is 1. The number of hydrogen-bond acceptors (Lipinski definition) is 3. The highest BCUT2D eigenvalue weighted by Crippen LogP contribution is 2.20. The first-order chi connectivity index (χ1) is 10.9. The molecule has 6 heteroatoms. The Labute approximate surface area is 138 Å². The number of hydrogen-bond donors (Lipinski definition) is 1. The lowest BCUT2D eigenvalue weighted by Crippen LogP contribution is -3.13. The molecule has 1 atom stereocenters. The summed E-state index contributed by atoms with van der Waals surface area (Å²) in [7, 11) is -2.99. The van der Waals surface area contributed by atoms with Gasteiger partial charge in [0.2, 0.25) is 5.91 Å². The summed E-state index contributed by atoms with van der Waals surface area (Å²) >= 11 is 0. The minimum Gasteiger partial charge on any atom is -0.331 e. The molecule has 0 spiro atoms. The Morgan fingerprint density at radius 3 is 2.57 bits per heavy atom. The molecule has 0 aromatic heterocycles. The molecule has 126 valence electrons. The van der Waals surface area contributed by atoms with Gasteiger partial charge in [-0.3, -0.25) is 4.79 Å². The molecule has 3 rings (SSSR count). The summed E-state index contributed by atoms with van der Waals surface area (Å²) < 4.78 is 23.1. The predicted molar refractivity (Wildman–Crippen MR) is 88.9 cm³/mol. The van der Waals surface area contributed by atoms with E-state index >= 15 is 0 Å². The number of amides is 1. The number of sulfone groups is 1. The number of quaternary nitrogens is 1. The van der Waals surface area contributed by atoms with Crippen LogP contribution in [0.15, 0.2) is 24.3 Å². The Morgan fingerprint density at radius 1 is 1.26 bits per heavy atom. The van der Waals surface area contributed by atoms with E-state index in [4.69, 9.17) is 0 Å².